The van der Waals surface area contributed by atoms with Gasteiger partial charge in [0, 0.05) is 34.4 Å². The monoisotopic (exact) mass is 334 g/mol. The van der Waals surface area contributed by atoms with Gasteiger partial charge in [-0.15, -0.1) is 11.3 Å². The Bertz CT molecular complexity index is 593. The Balaban J connectivity index is 1.63. The number of halogens is 1. The van der Waals surface area contributed by atoms with E-state index in [0.29, 0.717) is 0 Å². The number of thiophene rings is 1. The molecule has 0 aliphatic carbocycles. The van der Waals surface area contributed by atoms with Crippen LogP contribution in [0.25, 0.3) is 10.4 Å². The van der Waals surface area contributed by atoms with Crippen LogP contribution in [-0.2, 0) is 6.54 Å². The summed E-state index contributed by atoms with van der Waals surface area (Å²) >= 11 is 7.87. The summed E-state index contributed by atoms with van der Waals surface area (Å²) in [5, 5.41) is 0.797. The van der Waals surface area contributed by atoms with Crippen LogP contribution < -0.4 is 0 Å². The molecule has 22 heavy (non-hydrogen) atoms. The highest BCUT2D eigenvalue weighted by Crippen LogP contribution is 2.29. The lowest BCUT2D eigenvalue weighted by atomic mass is 10.2. The maximum absolute atomic E-state index is 5.97. The van der Waals surface area contributed by atoms with Gasteiger partial charge in [0.05, 0.1) is 0 Å². The van der Waals surface area contributed by atoms with Crippen LogP contribution in [-0.4, -0.2) is 42.5 Å². The van der Waals surface area contributed by atoms with E-state index in [1.807, 2.05) is 23.5 Å². The zero-order chi connectivity index (χ0) is 15.4. The van der Waals surface area contributed by atoms with E-state index < -0.39 is 0 Å². The molecule has 2 aromatic rings. The molecule has 1 aliphatic heterocycles. The van der Waals surface area contributed by atoms with E-state index >= 15 is 0 Å². The van der Waals surface area contributed by atoms with Gasteiger partial charge in [0.15, 0.2) is 0 Å². The molecule has 0 spiro atoms. The van der Waals surface area contributed by atoms with Gasteiger partial charge in [0.25, 0.3) is 0 Å². The van der Waals surface area contributed by atoms with Crippen molar-refractivity contribution >= 4 is 22.9 Å². The fraction of sp³-hybridized carbons (Fsp3) is 0.444. The molecule has 3 rings (SSSR count). The fourth-order valence-corrected chi connectivity index (χ4v) is 4.13. The van der Waals surface area contributed by atoms with Crippen LogP contribution in [0.4, 0.5) is 0 Å². The van der Waals surface area contributed by atoms with Gasteiger partial charge >= 0.3 is 0 Å². The molecule has 4 heteroatoms. The van der Waals surface area contributed by atoms with Crippen molar-refractivity contribution in [3.8, 4) is 10.4 Å². The van der Waals surface area contributed by atoms with E-state index in [1.54, 1.807) is 0 Å². The second-order valence-electron chi connectivity index (χ2n) is 5.84. The van der Waals surface area contributed by atoms with E-state index in [9.17, 15) is 0 Å². The van der Waals surface area contributed by atoms with Crippen molar-refractivity contribution in [2.24, 2.45) is 0 Å². The van der Waals surface area contributed by atoms with Crippen molar-refractivity contribution in [2.75, 3.05) is 32.7 Å². The van der Waals surface area contributed by atoms with E-state index in [-0.39, 0.29) is 0 Å². The van der Waals surface area contributed by atoms with Gasteiger partial charge in [-0.2, -0.15) is 0 Å². The third kappa shape index (κ3) is 4.11. The van der Waals surface area contributed by atoms with Crippen LogP contribution in [0, 0.1) is 0 Å². The Hall–Kier alpha value is -0.870. The SMILES string of the molecule is CCN1CCCN(Cc2ccc(-c3ccc(Cl)cc3)s2)CC1. The minimum atomic E-state index is 0.797. The number of benzene rings is 1. The van der Waals surface area contributed by atoms with Gasteiger partial charge < -0.3 is 4.90 Å². The number of rotatable bonds is 4. The van der Waals surface area contributed by atoms with Gasteiger partial charge in [-0.05, 0) is 55.9 Å². The van der Waals surface area contributed by atoms with Crippen molar-refractivity contribution in [2.45, 2.75) is 19.9 Å². The third-order valence-corrected chi connectivity index (χ3v) is 5.67. The number of likely N-dealkylation sites (N-methyl/N-ethyl adjacent to an activating group) is 1. The molecule has 1 aliphatic rings. The number of hydrogen-bond acceptors (Lipinski definition) is 3. The molecule has 118 valence electrons. The molecule has 1 saturated heterocycles. The zero-order valence-electron chi connectivity index (χ0n) is 13.1. The average Bonchev–Trinajstić information content (AvgIpc) is 2.87. The first-order valence-electron chi connectivity index (χ1n) is 8.04. The Labute approximate surface area is 142 Å². The quantitative estimate of drug-likeness (QED) is 0.806. The number of nitrogens with zero attached hydrogens (tertiary/aromatic N) is 2. The highest BCUT2D eigenvalue weighted by Gasteiger charge is 2.14. The van der Waals surface area contributed by atoms with Gasteiger partial charge in [-0.1, -0.05) is 30.7 Å². The Kier molecular flexibility index (Phi) is 5.53. The lowest BCUT2D eigenvalue weighted by Gasteiger charge is -2.20. The maximum Gasteiger partial charge on any atom is 0.0406 e. The van der Waals surface area contributed by atoms with Crippen molar-refractivity contribution in [3.63, 3.8) is 0 Å². The summed E-state index contributed by atoms with van der Waals surface area (Å²) in [6, 6.07) is 12.6. The molecule has 1 aromatic carbocycles. The van der Waals surface area contributed by atoms with Crippen molar-refractivity contribution in [3.05, 3.63) is 46.3 Å². The average molecular weight is 335 g/mol. The molecule has 0 N–H and O–H groups in total. The van der Waals surface area contributed by atoms with Crippen molar-refractivity contribution in [1.29, 1.82) is 0 Å². The Morgan fingerprint density at radius 2 is 1.68 bits per heavy atom. The smallest absolute Gasteiger partial charge is 0.0406 e. The molecule has 0 unspecified atom stereocenters. The highest BCUT2D eigenvalue weighted by molar-refractivity contribution is 7.15. The second kappa shape index (κ2) is 7.60. The summed E-state index contributed by atoms with van der Waals surface area (Å²) in [6.07, 6.45) is 1.28. The van der Waals surface area contributed by atoms with Gasteiger partial charge in [0.2, 0.25) is 0 Å². The van der Waals surface area contributed by atoms with Crippen LogP contribution >= 0.6 is 22.9 Å². The minimum Gasteiger partial charge on any atom is -0.302 e. The van der Waals surface area contributed by atoms with Crippen molar-refractivity contribution in [1.82, 2.24) is 9.80 Å². The molecule has 0 radical (unpaired) electrons. The van der Waals surface area contributed by atoms with Crippen LogP contribution in [0.1, 0.15) is 18.2 Å². The summed E-state index contributed by atoms with van der Waals surface area (Å²) < 4.78 is 0. The predicted octanol–water partition coefficient (Wildman–Crippen LogP) is 4.60. The van der Waals surface area contributed by atoms with Crippen LogP contribution in [0.3, 0.4) is 0 Å². The molecule has 1 aromatic heterocycles. The normalized spacial score (nSPS) is 17.5. The predicted molar refractivity (Wildman–Crippen MR) is 96.8 cm³/mol. The number of hydrogen-bond donors (Lipinski definition) is 0. The van der Waals surface area contributed by atoms with E-state index in [1.165, 1.54) is 54.5 Å². The summed E-state index contributed by atoms with van der Waals surface area (Å²) in [5.41, 5.74) is 1.26. The van der Waals surface area contributed by atoms with Gasteiger partial charge in [-0.3, -0.25) is 4.90 Å². The standard InChI is InChI=1S/C18H23ClN2S/c1-2-20-10-3-11-21(13-12-20)14-17-8-9-18(22-17)15-4-6-16(19)7-5-15/h4-9H,2-3,10-14H2,1H3. The molecule has 2 heterocycles. The fourth-order valence-electron chi connectivity index (χ4n) is 2.95. The lowest BCUT2D eigenvalue weighted by molar-refractivity contribution is 0.259. The Morgan fingerprint density at radius 1 is 0.955 bits per heavy atom. The molecule has 2 nitrogen and oxygen atoms in total. The minimum absolute atomic E-state index is 0.797. The first-order valence-corrected chi connectivity index (χ1v) is 9.23. The molecular formula is C18H23ClN2S. The summed E-state index contributed by atoms with van der Waals surface area (Å²) in [6.45, 7) is 9.35. The second-order valence-corrected chi connectivity index (χ2v) is 7.44. The van der Waals surface area contributed by atoms with Crippen LogP contribution in [0.5, 0.6) is 0 Å². The van der Waals surface area contributed by atoms with Gasteiger partial charge in [0.1, 0.15) is 0 Å². The molecule has 0 atom stereocenters. The molecule has 1 fully saturated rings. The lowest BCUT2D eigenvalue weighted by Crippen LogP contribution is -2.30. The van der Waals surface area contributed by atoms with Crippen molar-refractivity contribution < 1.29 is 0 Å². The summed E-state index contributed by atoms with van der Waals surface area (Å²) in [7, 11) is 0. The zero-order valence-corrected chi connectivity index (χ0v) is 14.7. The first kappa shape index (κ1) is 16.0. The van der Waals surface area contributed by atoms with E-state index in [2.05, 4.69) is 41.0 Å². The molecule has 0 amide bonds. The molecule has 0 saturated carbocycles. The van der Waals surface area contributed by atoms with E-state index in [4.69, 9.17) is 11.6 Å². The molecular weight excluding hydrogens is 312 g/mol. The third-order valence-electron chi connectivity index (χ3n) is 4.30. The van der Waals surface area contributed by atoms with Crippen LogP contribution in [0.15, 0.2) is 36.4 Å². The van der Waals surface area contributed by atoms with Gasteiger partial charge in [-0.25, -0.2) is 0 Å². The first-order chi connectivity index (χ1) is 10.7. The largest absolute Gasteiger partial charge is 0.302 e. The summed E-state index contributed by atoms with van der Waals surface area (Å²) in [4.78, 5) is 7.92. The highest BCUT2D eigenvalue weighted by atomic mass is 35.5. The summed E-state index contributed by atoms with van der Waals surface area (Å²) in [5.74, 6) is 0. The molecule has 0 bridgehead atoms. The topological polar surface area (TPSA) is 6.48 Å². The van der Waals surface area contributed by atoms with Crippen LogP contribution in [0.2, 0.25) is 5.02 Å². The maximum atomic E-state index is 5.97. The Morgan fingerprint density at radius 3 is 2.45 bits per heavy atom. The van der Waals surface area contributed by atoms with E-state index in [0.717, 1.165) is 11.6 Å².